The molecule has 0 spiro atoms. The fourth-order valence-corrected chi connectivity index (χ4v) is 1.47. The number of hydrogen-bond acceptors (Lipinski definition) is 0. The number of piperidine rings is 2. The van der Waals surface area contributed by atoms with E-state index in [2.05, 4.69) is 10.6 Å². The molecule has 0 atom stereocenters. The van der Waals surface area contributed by atoms with E-state index in [1.807, 2.05) is 0 Å². The Morgan fingerprint density at radius 1 is 0.600 bits per heavy atom. The second-order valence-electron chi connectivity index (χ2n) is 3.56. The minimum atomic E-state index is -1.07. The third kappa shape index (κ3) is 15.4. The van der Waals surface area contributed by atoms with Crippen LogP contribution in [0.5, 0.6) is 0 Å². The molecule has 2 aliphatic rings. The van der Waals surface area contributed by atoms with Crippen LogP contribution in [0.3, 0.4) is 0 Å². The zero-order valence-corrected chi connectivity index (χ0v) is 15.0. The zero-order valence-electron chi connectivity index (χ0n) is 9.43. The summed E-state index contributed by atoms with van der Waals surface area (Å²) in [4.78, 5) is 0. The molecule has 15 heavy (non-hydrogen) atoms. The molecule has 2 fully saturated rings. The average molecular weight is 352 g/mol. The SMILES string of the molecule is C1CC[N-]CC1.C1CC[N-]CC1.[Cl][Cd][Cl]. The molecular weight excluding hydrogens is 331 g/mol. The van der Waals surface area contributed by atoms with Gasteiger partial charge < -0.3 is 10.6 Å². The van der Waals surface area contributed by atoms with E-state index in [0.29, 0.717) is 0 Å². The van der Waals surface area contributed by atoms with Crippen LogP contribution in [0.15, 0.2) is 0 Å². The molecule has 5 heteroatoms. The molecule has 0 N–H and O–H groups in total. The Morgan fingerprint density at radius 2 is 0.867 bits per heavy atom. The summed E-state index contributed by atoms with van der Waals surface area (Å²) in [6, 6.07) is 0. The van der Waals surface area contributed by atoms with Gasteiger partial charge >= 0.3 is 38.4 Å². The van der Waals surface area contributed by atoms with Gasteiger partial charge in [-0.15, -0.1) is 26.2 Å². The van der Waals surface area contributed by atoms with Crippen LogP contribution in [0.4, 0.5) is 0 Å². The van der Waals surface area contributed by atoms with E-state index < -0.39 is 21.8 Å². The first-order valence-electron chi connectivity index (χ1n) is 5.80. The van der Waals surface area contributed by atoms with E-state index in [-0.39, 0.29) is 0 Å². The standard InChI is InChI=1S/2C5H10N.Cd.2ClH/c2*1-2-4-6-5-3-1;;;/h2*1-5H2;;2*1H/q2*-1;+2;;/p-2. The topological polar surface area (TPSA) is 28.2 Å². The van der Waals surface area contributed by atoms with Crippen molar-refractivity contribution in [2.75, 3.05) is 26.2 Å². The molecule has 2 nitrogen and oxygen atoms in total. The van der Waals surface area contributed by atoms with Gasteiger partial charge in [0.1, 0.15) is 0 Å². The first kappa shape index (κ1) is 16.4. The maximum atomic E-state index is 4.97. The first-order chi connectivity index (χ1) is 7.41. The Hall–Kier alpha value is 1.42. The molecule has 2 rings (SSSR count). The van der Waals surface area contributed by atoms with Crippen molar-refractivity contribution in [2.45, 2.75) is 38.5 Å². The molecule has 0 aromatic carbocycles. The summed E-state index contributed by atoms with van der Waals surface area (Å²) in [7, 11) is 9.95. The van der Waals surface area contributed by atoms with Crippen LogP contribution in [-0.4, -0.2) is 26.2 Å². The summed E-state index contributed by atoms with van der Waals surface area (Å²) in [5.74, 6) is 0. The van der Waals surface area contributed by atoms with Gasteiger partial charge in [0.2, 0.25) is 0 Å². The van der Waals surface area contributed by atoms with Gasteiger partial charge in [-0.1, -0.05) is 38.5 Å². The fraction of sp³-hybridized carbons (Fsp3) is 1.00. The van der Waals surface area contributed by atoms with Crippen LogP contribution < -0.4 is 0 Å². The van der Waals surface area contributed by atoms with E-state index in [9.17, 15) is 0 Å². The van der Waals surface area contributed by atoms with E-state index in [0.717, 1.165) is 26.2 Å². The average Bonchev–Trinajstić information content (AvgIpc) is 2.35. The van der Waals surface area contributed by atoms with Crippen molar-refractivity contribution in [2.24, 2.45) is 0 Å². The second-order valence-corrected chi connectivity index (χ2v) is 9.56. The quantitative estimate of drug-likeness (QED) is 0.576. The Morgan fingerprint density at radius 3 is 0.933 bits per heavy atom. The predicted molar refractivity (Wildman–Crippen MR) is 65.6 cm³/mol. The Balaban J connectivity index is 0.000000210. The minimum absolute atomic E-state index is 1.07. The second kappa shape index (κ2) is 15.4. The van der Waals surface area contributed by atoms with Crippen LogP contribution in [0.25, 0.3) is 10.6 Å². The molecular formula is C10H20CdCl2N2-2. The van der Waals surface area contributed by atoms with Crippen LogP contribution in [0, 0.1) is 0 Å². The molecule has 0 amide bonds. The summed E-state index contributed by atoms with van der Waals surface area (Å²) in [5, 5.41) is 8.35. The molecule has 0 radical (unpaired) electrons. The molecule has 0 aliphatic carbocycles. The van der Waals surface area contributed by atoms with Crippen molar-refractivity contribution < 1.29 is 21.8 Å². The van der Waals surface area contributed by atoms with Gasteiger partial charge in [0, 0.05) is 0 Å². The Labute approximate surface area is 113 Å². The van der Waals surface area contributed by atoms with Gasteiger partial charge in [-0.3, -0.25) is 0 Å². The monoisotopic (exact) mass is 352 g/mol. The van der Waals surface area contributed by atoms with Crippen LogP contribution in [0.2, 0.25) is 0 Å². The molecule has 0 unspecified atom stereocenters. The van der Waals surface area contributed by atoms with E-state index in [1.165, 1.54) is 38.5 Å². The summed E-state index contributed by atoms with van der Waals surface area (Å²) in [5.41, 5.74) is 0. The number of halogens is 2. The fourth-order valence-electron chi connectivity index (χ4n) is 1.47. The molecule has 0 bridgehead atoms. The van der Waals surface area contributed by atoms with Gasteiger partial charge in [0.05, 0.1) is 0 Å². The predicted octanol–water partition coefficient (Wildman–Crippen LogP) is 4.46. The van der Waals surface area contributed by atoms with Crippen LogP contribution in [0.1, 0.15) is 38.5 Å². The zero-order chi connectivity index (χ0) is 11.2. The molecule has 2 aliphatic heterocycles. The number of rotatable bonds is 0. The van der Waals surface area contributed by atoms with Crippen molar-refractivity contribution in [1.29, 1.82) is 0 Å². The van der Waals surface area contributed by atoms with Gasteiger partial charge in [0.25, 0.3) is 0 Å². The summed E-state index contributed by atoms with van der Waals surface area (Å²) in [6.45, 7) is 4.50. The third-order valence-corrected chi connectivity index (χ3v) is 2.26. The summed E-state index contributed by atoms with van der Waals surface area (Å²) in [6.07, 6.45) is 8.15. The van der Waals surface area contributed by atoms with Crippen molar-refractivity contribution in [1.82, 2.24) is 0 Å². The molecule has 2 saturated heterocycles. The third-order valence-electron chi connectivity index (χ3n) is 2.26. The first-order valence-corrected chi connectivity index (χ1v) is 16.0. The molecule has 2 heterocycles. The van der Waals surface area contributed by atoms with E-state index in [4.69, 9.17) is 16.6 Å². The Kier molecular flexibility index (Phi) is 16.9. The van der Waals surface area contributed by atoms with Crippen molar-refractivity contribution in [3.63, 3.8) is 0 Å². The maximum absolute atomic E-state index is 4.97. The molecule has 0 aromatic rings. The Bertz CT molecular complexity index is 74.6. The normalized spacial score (nSPS) is 19.9. The van der Waals surface area contributed by atoms with Crippen LogP contribution >= 0.6 is 16.6 Å². The molecule has 0 aromatic heterocycles. The van der Waals surface area contributed by atoms with E-state index >= 15 is 0 Å². The van der Waals surface area contributed by atoms with Gasteiger partial charge in [0.15, 0.2) is 0 Å². The number of hydrogen-bond donors (Lipinski definition) is 0. The summed E-state index contributed by atoms with van der Waals surface area (Å²) < 4.78 is 0. The van der Waals surface area contributed by atoms with Crippen molar-refractivity contribution in [3.05, 3.63) is 10.6 Å². The van der Waals surface area contributed by atoms with Gasteiger partial charge in [-0.2, -0.15) is 0 Å². The summed E-state index contributed by atoms with van der Waals surface area (Å²) >= 11 is -1.07. The van der Waals surface area contributed by atoms with Crippen molar-refractivity contribution in [3.8, 4) is 0 Å². The molecule has 88 valence electrons. The van der Waals surface area contributed by atoms with Gasteiger partial charge in [-0.25, -0.2) is 0 Å². The molecule has 0 saturated carbocycles. The number of nitrogens with zero attached hydrogens (tertiary/aromatic N) is 2. The van der Waals surface area contributed by atoms with Crippen LogP contribution in [-0.2, 0) is 21.8 Å². The van der Waals surface area contributed by atoms with Crippen molar-refractivity contribution >= 4 is 16.6 Å². The van der Waals surface area contributed by atoms with E-state index in [1.54, 1.807) is 0 Å². The van der Waals surface area contributed by atoms with Gasteiger partial charge in [-0.05, 0) is 0 Å².